The maximum atomic E-state index is 11.8. The van der Waals surface area contributed by atoms with Gasteiger partial charge in [0.15, 0.2) is 0 Å². The normalized spacial score (nSPS) is 24.9. The van der Waals surface area contributed by atoms with Crippen molar-refractivity contribution in [1.82, 2.24) is 4.57 Å². The number of nitrogens with zero attached hydrogens (tertiary/aromatic N) is 1. The maximum absolute atomic E-state index is 11.8. The smallest absolute Gasteiger partial charge is 0.250 e. The molecule has 0 aromatic carbocycles. The first-order valence-electron chi connectivity index (χ1n) is 5.58. The van der Waals surface area contributed by atoms with E-state index in [9.17, 15) is 4.79 Å². The highest BCUT2D eigenvalue weighted by molar-refractivity contribution is 14.1. The summed E-state index contributed by atoms with van der Waals surface area (Å²) in [7, 11) is 0. The van der Waals surface area contributed by atoms with Crippen LogP contribution in [-0.4, -0.2) is 16.8 Å². The van der Waals surface area contributed by atoms with Crippen LogP contribution < -0.4 is 5.56 Å². The van der Waals surface area contributed by atoms with Gasteiger partial charge in [0, 0.05) is 15.8 Å². The van der Waals surface area contributed by atoms with Crippen LogP contribution in [0.3, 0.4) is 0 Å². The van der Waals surface area contributed by atoms with E-state index in [-0.39, 0.29) is 11.7 Å². The fraction of sp³-hybridized carbons (Fsp3) is 0.583. The molecule has 0 aliphatic carbocycles. The molecule has 88 valence electrons. The summed E-state index contributed by atoms with van der Waals surface area (Å²) >= 11 is 2.26. The second-order valence-electron chi connectivity index (χ2n) is 4.44. The van der Waals surface area contributed by atoms with Crippen molar-refractivity contribution in [1.29, 1.82) is 0 Å². The monoisotopic (exact) mass is 333 g/mol. The minimum Gasteiger partial charge on any atom is -0.373 e. The van der Waals surface area contributed by atoms with Crippen molar-refractivity contribution in [3.8, 4) is 0 Å². The molecule has 1 fully saturated rings. The molecule has 2 atom stereocenters. The molecule has 4 heteroatoms. The lowest BCUT2D eigenvalue weighted by Gasteiger charge is -2.13. The second-order valence-corrected chi connectivity index (χ2v) is 5.60. The minimum absolute atomic E-state index is 0.0704. The number of halogens is 1. The summed E-state index contributed by atoms with van der Waals surface area (Å²) in [5, 5.41) is 0. The molecule has 3 nitrogen and oxygen atoms in total. The predicted molar refractivity (Wildman–Crippen MR) is 71.7 cm³/mol. The van der Waals surface area contributed by atoms with Gasteiger partial charge in [-0.15, -0.1) is 0 Å². The Balaban J connectivity index is 2.15. The van der Waals surface area contributed by atoms with Crippen LogP contribution in [0, 0.1) is 10.5 Å². The molecular formula is C12H16INO2. The largest absolute Gasteiger partial charge is 0.373 e. The molecule has 0 saturated carbocycles. The fourth-order valence-corrected chi connectivity index (χ4v) is 2.51. The van der Waals surface area contributed by atoms with Crippen molar-refractivity contribution in [2.45, 2.75) is 45.4 Å². The molecule has 0 N–H and O–H groups in total. The summed E-state index contributed by atoms with van der Waals surface area (Å²) in [5.74, 6) is 0. The first-order chi connectivity index (χ1) is 7.56. The summed E-state index contributed by atoms with van der Waals surface area (Å²) in [6.07, 6.45) is 4.61. The van der Waals surface area contributed by atoms with Crippen molar-refractivity contribution < 1.29 is 4.74 Å². The Morgan fingerprint density at radius 3 is 2.94 bits per heavy atom. The Labute approximate surface area is 109 Å². The minimum atomic E-state index is 0.0704. The Morgan fingerprint density at radius 1 is 1.56 bits per heavy atom. The lowest BCUT2D eigenvalue weighted by Crippen LogP contribution is -2.26. The van der Waals surface area contributed by atoms with Crippen LogP contribution in [0.4, 0.5) is 0 Å². The van der Waals surface area contributed by atoms with Gasteiger partial charge in [0.1, 0.15) is 0 Å². The highest BCUT2D eigenvalue weighted by Gasteiger charge is 2.22. The second kappa shape index (κ2) is 4.87. The molecule has 1 aliphatic rings. The molecule has 2 rings (SSSR count). The average Bonchev–Trinajstić information content (AvgIpc) is 2.60. The first kappa shape index (κ1) is 12.1. The van der Waals surface area contributed by atoms with Crippen molar-refractivity contribution in [2.24, 2.45) is 0 Å². The van der Waals surface area contributed by atoms with E-state index in [1.807, 2.05) is 13.1 Å². The van der Waals surface area contributed by atoms with Crippen molar-refractivity contribution in [2.75, 3.05) is 0 Å². The summed E-state index contributed by atoms with van der Waals surface area (Å²) in [4.78, 5) is 11.8. The van der Waals surface area contributed by atoms with Gasteiger partial charge in [0.05, 0.1) is 18.8 Å². The summed E-state index contributed by atoms with van der Waals surface area (Å²) in [6, 6.07) is 1.69. The lowest BCUT2D eigenvalue weighted by atomic mass is 10.2. The Kier molecular flexibility index (Phi) is 3.69. The van der Waals surface area contributed by atoms with Gasteiger partial charge >= 0.3 is 0 Å². The van der Waals surface area contributed by atoms with E-state index in [1.165, 1.54) is 0 Å². The zero-order chi connectivity index (χ0) is 11.7. The van der Waals surface area contributed by atoms with E-state index in [1.54, 1.807) is 10.6 Å². The van der Waals surface area contributed by atoms with Crippen molar-refractivity contribution >= 4 is 22.6 Å². The van der Waals surface area contributed by atoms with Gasteiger partial charge in [-0.3, -0.25) is 4.79 Å². The molecule has 0 radical (unpaired) electrons. The van der Waals surface area contributed by atoms with E-state index in [4.69, 9.17) is 4.74 Å². The summed E-state index contributed by atoms with van der Waals surface area (Å²) in [6.45, 7) is 4.72. The van der Waals surface area contributed by atoms with Gasteiger partial charge < -0.3 is 9.30 Å². The van der Waals surface area contributed by atoms with Crippen LogP contribution in [0.25, 0.3) is 0 Å². The van der Waals surface area contributed by atoms with Crippen LogP contribution in [0.15, 0.2) is 17.1 Å². The number of hydrogen-bond acceptors (Lipinski definition) is 2. The van der Waals surface area contributed by atoms with Crippen LogP contribution in [0.5, 0.6) is 0 Å². The highest BCUT2D eigenvalue weighted by Crippen LogP contribution is 2.20. The number of aryl methyl sites for hydroxylation is 1. The number of hydrogen-bond donors (Lipinski definition) is 0. The Morgan fingerprint density at radius 2 is 2.31 bits per heavy atom. The molecule has 1 aromatic rings. The Bertz CT molecular complexity index is 441. The third kappa shape index (κ3) is 2.66. The zero-order valence-corrected chi connectivity index (χ0v) is 11.7. The molecular weight excluding hydrogens is 317 g/mol. The van der Waals surface area contributed by atoms with Gasteiger partial charge in [-0.25, -0.2) is 0 Å². The number of aromatic nitrogens is 1. The molecule has 2 heterocycles. The third-order valence-electron chi connectivity index (χ3n) is 2.99. The van der Waals surface area contributed by atoms with E-state index in [0.717, 1.165) is 22.0 Å². The molecule has 0 spiro atoms. The molecule has 1 aromatic heterocycles. The van der Waals surface area contributed by atoms with Crippen molar-refractivity contribution in [3.63, 3.8) is 0 Å². The fourth-order valence-electron chi connectivity index (χ4n) is 2.02. The van der Waals surface area contributed by atoms with E-state index >= 15 is 0 Å². The quantitative estimate of drug-likeness (QED) is 0.778. The van der Waals surface area contributed by atoms with E-state index in [2.05, 4.69) is 29.5 Å². The molecule has 1 aliphatic heterocycles. The first-order valence-corrected chi connectivity index (χ1v) is 6.66. The van der Waals surface area contributed by atoms with Gasteiger partial charge in [-0.1, -0.05) is 0 Å². The molecule has 0 amide bonds. The number of pyridine rings is 1. The summed E-state index contributed by atoms with van der Waals surface area (Å²) < 4.78 is 8.62. The predicted octanol–water partition coefficient (Wildman–Crippen LogP) is 2.33. The molecule has 1 saturated heterocycles. The topological polar surface area (TPSA) is 31.2 Å². The van der Waals surface area contributed by atoms with Crippen LogP contribution in [0.1, 0.15) is 25.3 Å². The van der Waals surface area contributed by atoms with E-state index < -0.39 is 0 Å². The Hall–Kier alpha value is -0.360. The average molecular weight is 333 g/mol. The van der Waals surface area contributed by atoms with Gasteiger partial charge in [0.25, 0.3) is 5.56 Å². The molecule has 0 bridgehead atoms. The van der Waals surface area contributed by atoms with Crippen LogP contribution >= 0.6 is 22.6 Å². The highest BCUT2D eigenvalue weighted by atomic mass is 127. The van der Waals surface area contributed by atoms with Gasteiger partial charge in [-0.05, 0) is 54.8 Å². The summed E-state index contributed by atoms with van der Waals surface area (Å²) in [5.41, 5.74) is 1.11. The van der Waals surface area contributed by atoms with Gasteiger partial charge in [-0.2, -0.15) is 0 Å². The zero-order valence-electron chi connectivity index (χ0n) is 9.57. The lowest BCUT2D eigenvalue weighted by molar-refractivity contribution is 0.0451. The van der Waals surface area contributed by atoms with Gasteiger partial charge in [0.2, 0.25) is 0 Å². The van der Waals surface area contributed by atoms with Crippen LogP contribution in [0.2, 0.25) is 0 Å². The number of ether oxygens (including phenoxy) is 1. The maximum Gasteiger partial charge on any atom is 0.250 e. The third-order valence-corrected chi connectivity index (χ3v) is 4.12. The number of rotatable bonds is 2. The van der Waals surface area contributed by atoms with E-state index in [0.29, 0.717) is 12.6 Å². The molecule has 2 unspecified atom stereocenters. The van der Waals surface area contributed by atoms with Crippen molar-refractivity contribution in [3.05, 3.63) is 31.8 Å². The van der Waals surface area contributed by atoms with Crippen LogP contribution in [-0.2, 0) is 11.3 Å². The standard InChI is InChI=1S/C12H16INO2/c1-8-5-12(15)14(7-11(8)13)6-10-4-3-9(2)16-10/h5,7,9-10H,3-4,6H2,1-2H3. The SMILES string of the molecule is Cc1cc(=O)n(CC2CCC(C)O2)cc1I. The molecule has 16 heavy (non-hydrogen) atoms.